The molecule has 0 unspecified atom stereocenters. The average Bonchev–Trinajstić information content (AvgIpc) is 2.71. The predicted octanol–water partition coefficient (Wildman–Crippen LogP) is 3.73. The molecule has 1 heterocycles. The number of nitrogens with zero attached hydrogens (tertiary/aromatic N) is 3. The molecular weight excluding hydrogens is 358 g/mol. The number of anilines is 1. The van der Waals surface area contributed by atoms with Gasteiger partial charge in [-0.3, -0.25) is 14.2 Å². The summed E-state index contributed by atoms with van der Waals surface area (Å²) < 4.78 is 1.61. The minimum absolute atomic E-state index is 0.0591. The fourth-order valence-corrected chi connectivity index (χ4v) is 3.77. The van der Waals surface area contributed by atoms with Crippen LogP contribution in [0.4, 0.5) is 5.69 Å². The van der Waals surface area contributed by atoms with Crippen molar-refractivity contribution in [2.75, 3.05) is 17.2 Å². The summed E-state index contributed by atoms with van der Waals surface area (Å²) in [5, 5.41) is 1.15. The van der Waals surface area contributed by atoms with Crippen LogP contribution in [-0.2, 0) is 11.3 Å². The number of aromatic nitrogens is 2. The Hall–Kier alpha value is -2.86. The molecule has 0 aliphatic rings. The Morgan fingerprint density at radius 2 is 1.89 bits per heavy atom. The number of carbonyl (C=O) groups is 1. The van der Waals surface area contributed by atoms with Crippen LogP contribution in [0.25, 0.3) is 10.9 Å². The maximum absolute atomic E-state index is 12.8. The van der Waals surface area contributed by atoms with Crippen molar-refractivity contribution < 1.29 is 4.79 Å². The maximum atomic E-state index is 12.8. The zero-order valence-electron chi connectivity index (χ0n) is 15.2. The van der Waals surface area contributed by atoms with Gasteiger partial charge in [0, 0.05) is 18.8 Å². The highest BCUT2D eigenvalue weighted by Crippen LogP contribution is 2.20. The number of hydrogen-bond acceptors (Lipinski definition) is 4. The highest BCUT2D eigenvalue weighted by Gasteiger charge is 2.17. The molecule has 2 aromatic carbocycles. The Kier molecular flexibility index (Phi) is 6.08. The van der Waals surface area contributed by atoms with Crippen LogP contribution in [0.3, 0.4) is 0 Å². The van der Waals surface area contributed by atoms with Gasteiger partial charge in [-0.05, 0) is 31.2 Å². The molecule has 138 valence electrons. The van der Waals surface area contributed by atoms with E-state index in [1.807, 2.05) is 55.5 Å². The fourth-order valence-electron chi connectivity index (χ4n) is 2.83. The Labute approximate surface area is 162 Å². The van der Waals surface area contributed by atoms with Crippen molar-refractivity contribution in [1.29, 1.82) is 0 Å². The molecule has 6 heteroatoms. The lowest BCUT2D eigenvalue weighted by Gasteiger charge is -2.21. The minimum Gasteiger partial charge on any atom is -0.308 e. The molecular formula is C21H21N3O2S. The molecule has 1 aromatic heterocycles. The van der Waals surface area contributed by atoms with E-state index in [1.165, 1.54) is 11.8 Å². The Morgan fingerprint density at radius 3 is 2.59 bits per heavy atom. The van der Waals surface area contributed by atoms with Gasteiger partial charge in [0.15, 0.2) is 5.16 Å². The summed E-state index contributed by atoms with van der Waals surface area (Å²) in [6.07, 6.45) is 1.70. The van der Waals surface area contributed by atoms with E-state index in [1.54, 1.807) is 21.6 Å². The van der Waals surface area contributed by atoms with E-state index < -0.39 is 0 Å². The third-order valence-electron chi connectivity index (χ3n) is 4.15. The number of thioether (sulfide) groups is 1. The van der Waals surface area contributed by atoms with E-state index in [4.69, 9.17) is 0 Å². The third-order valence-corrected chi connectivity index (χ3v) is 5.11. The summed E-state index contributed by atoms with van der Waals surface area (Å²) in [4.78, 5) is 31.7. The van der Waals surface area contributed by atoms with Gasteiger partial charge in [-0.1, -0.05) is 48.2 Å². The maximum Gasteiger partial charge on any atom is 0.262 e. The van der Waals surface area contributed by atoms with E-state index in [2.05, 4.69) is 11.6 Å². The van der Waals surface area contributed by atoms with Crippen LogP contribution in [0, 0.1) is 0 Å². The molecule has 0 spiro atoms. The molecule has 0 atom stereocenters. The number of hydrogen-bond donors (Lipinski definition) is 0. The quantitative estimate of drug-likeness (QED) is 0.357. The largest absolute Gasteiger partial charge is 0.308 e. The lowest BCUT2D eigenvalue weighted by Crippen LogP contribution is -2.33. The molecule has 0 saturated heterocycles. The molecule has 0 N–H and O–H groups in total. The SMILES string of the molecule is C=CCN(C(=O)CSc1nc2ccccc2c(=O)n1CC)c1ccccc1. The van der Waals surface area contributed by atoms with Crippen LogP contribution in [0.1, 0.15) is 6.92 Å². The summed E-state index contributed by atoms with van der Waals surface area (Å²) in [5.41, 5.74) is 1.39. The van der Waals surface area contributed by atoms with Gasteiger partial charge in [-0.2, -0.15) is 0 Å². The molecule has 0 radical (unpaired) electrons. The minimum atomic E-state index is -0.0796. The van der Waals surface area contributed by atoms with Crippen molar-refractivity contribution in [3.05, 3.63) is 77.6 Å². The van der Waals surface area contributed by atoms with Crippen LogP contribution in [0.5, 0.6) is 0 Å². The van der Waals surface area contributed by atoms with E-state index in [0.717, 1.165) is 5.69 Å². The molecule has 0 aliphatic heterocycles. The Bertz CT molecular complexity index is 1010. The first-order chi connectivity index (χ1) is 13.2. The van der Waals surface area contributed by atoms with Crippen LogP contribution >= 0.6 is 11.8 Å². The van der Waals surface area contributed by atoms with Gasteiger partial charge >= 0.3 is 0 Å². The lowest BCUT2D eigenvalue weighted by atomic mass is 10.2. The summed E-state index contributed by atoms with van der Waals surface area (Å²) >= 11 is 1.28. The van der Waals surface area contributed by atoms with Crippen LogP contribution in [-0.4, -0.2) is 27.8 Å². The molecule has 0 bridgehead atoms. The Balaban J connectivity index is 1.86. The topological polar surface area (TPSA) is 55.2 Å². The molecule has 3 aromatic rings. The van der Waals surface area contributed by atoms with Crippen LogP contribution in [0.15, 0.2) is 77.2 Å². The molecule has 27 heavy (non-hydrogen) atoms. The zero-order chi connectivity index (χ0) is 19.2. The van der Waals surface area contributed by atoms with E-state index >= 15 is 0 Å². The normalized spacial score (nSPS) is 10.7. The lowest BCUT2D eigenvalue weighted by molar-refractivity contribution is -0.116. The summed E-state index contributed by atoms with van der Waals surface area (Å²) in [7, 11) is 0. The molecule has 5 nitrogen and oxygen atoms in total. The molecule has 0 aliphatic carbocycles. The first kappa shape index (κ1) is 18.9. The highest BCUT2D eigenvalue weighted by atomic mass is 32.2. The van der Waals surface area contributed by atoms with Crippen molar-refractivity contribution in [2.24, 2.45) is 0 Å². The number of benzene rings is 2. The van der Waals surface area contributed by atoms with Gasteiger partial charge in [0.05, 0.1) is 16.7 Å². The second-order valence-corrected chi connectivity index (χ2v) is 6.82. The average molecular weight is 379 g/mol. The summed E-state index contributed by atoms with van der Waals surface area (Å²) in [6, 6.07) is 16.8. The van der Waals surface area contributed by atoms with Crippen molar-refractivity contribution in [3.63, 3.8) is 0 Å². The van der Waals surface area contributed by atoms with Gasteiger partial charge in [0.25, 0.3) is 5.56 Å². The number of carbonyl (C=O) groups excluding carboxylic acids is 1. The van der Waals surface area contributed by atoms with Gasteiger partial charge in [-0.25, -0.2) is 4.98 Å². The summed E-state index contributed by atoms with van der Waals surface area (Å²) in [6.45, 7) is 6.57. The summed E-state index contributed by atoms with van der Waals surface area (Å²) in [5.74, 6) is 0.129. The van der Waals surface area contributed by atoms with Gasteiger partial charge in [-0.15, -0.1) is 6.58 Å². The second-order valence-electron chi connectivity index (χ2n) is 5.88. The van der Waals surface area contributed by atoms with E-state index in [-0.39, 0.29) is 17.2 Å². The standard InChI is InChI=1S/C21H21N3O2S/c1-3-14-24(16-10-6-5-7-11-16)19(25)15-27-21-22-18-13-9-8-12-17(18)20(26)23(21)4-2/h3,5-13H,1,4,14-15H2,2H3. The highest BCUT2D eigenvalue weighted by molar-refractivity contribution is 7.99. The van der Waals surface area contributed by atoms with E-state index in [9.17, 15) is 9.59 Å². The van der Waals surface area contributed by atoms with Crippen molar-refractivity contribution in [3.8, 4) is 0 Å². The third kappa shape index (κ3) is 4.11. The fraction of sp³-hybridized carbons (Fsp3) is 0.190. The van der Waals surface area contributed by atoms with Crippen LogP contribution < -0.4 is 10.5 Å². The van der Waals surface area contributed by atoms with Crippen molar-refractivity contribution >= 4 is 34.3 Å². The number of amides is 1. The first-order valence-corrected chi connectivity index (χ1v) is 9.73. The predicted molar refractivity (Wildman–Crippen MR) is 111 cm³/mol. The molecule has 3 rings (SSSR count). The molecule has 1 amide bonds. The zero-order valence-corrected chi connectivity index (χ0v) is 16.0. The molecule has 0 saturated carbocycles. The van der Waals surface area contributed by atoms with Gasteiger partial charge < -0.3 is 4.90 Å². The van der Waals surface area contributed by atoms with Crippen molar-refractivity contribution in [1.82, 2.24) is 9.55 Å². The number of fused-ring (bicyclic) bond motifs is 1. The first-order valence-electron chi connectivity index (χ1n) is 8.74. The Morgan fingerprint density at radius 1 is 1.19 bits per heavy atom. The van der Waals surface area contributed by atoms with Crippen molar-refractivity contribution in [2.45, 2.75) is 18.6 Å². The molecule has 0 fully saturated rings. The van der Waals surface area contributed by atoms with Gasteiger partial charge in [0.2, 0.25) is 5.91 Å². The second kappa shape index (κ2) is 8.68. The smallest absolute Gasteiger partial charge is 0.262 e. The van der Waals surface area contributed by atoms with E-state index in [0.29, 0.717) is 29.1 Å². The monoisotopic (exact) mass is 379 g/mol. The number of para-hydroxylation sites is 2. The van der Waals surface area contributed by atoms with Gasteiger partial charge in [0.1, 0.15) is 0 Å². The number of rotatable bonds is 7. The van der Waals surface area contributed by atoms with Crippen LogP contribution in [0.2, 0.25) is 0 Å².